The van der Waals surface area contributed by atoms with Gasteiger partial charge in [-0.15, -0.1) is 140 Å². The molecule has 12 aromatic rings. The maximum Gasteiger partial charge on any atom is 0.0877 e. The van der Waals surface area contributed by atoms with E-state index in [1.165, 1.54) is 162 Å². The zero-order valence-corrected chi connectivity index (χ0v) is 98.8. The fourth-order valence-electron chi connectivity index (χ4n) is 15.6. The van der Waals surface area contributed by atoms with Crippen LogP contribution in [-0.2, 0) is 124 Å². The van der Waals surface area contributed by atoms with Crippen molar-refractivity contribution in [2.24, 2.45) is 0 Å². The van der Waals surface area contributed by atoms with Gasteiger partial charge in [-0.25, -0.2) is 0 Å². The molecule has 4 radical (unpaired) electrons. The zero-order valence-electron chi connectivity index (χ0n) is 89.2. The van der Waals surface area contributed by atoms with Crippen molar-refractivity contribution in [2.75, 3.05) is 0 Å². The van der Waals surface area contributed by atoms with Gasteiger partial charge in [-0.1, -0.05) is 282 Å². The monoisotopic (exact) mass is 2560 g/mol. The molecule has 8 N–H and O–H groups in total. The van der Waals surface area contributed by atoms with Gasteiger partial charge in [0.25, 0.3) is 0 Å². The van der Waals surface area contributed by atoms with Gasteiger partial charge in [0.15, 0.2) is 0 Å². The average molecular weight is 2560 g/mol. The topological polar surface area (TPSA) is 213 Å². The van der Waals surface area contributed by atoms with Crippen molar-refractivity contribution in [3.63, 3.8) is 0 Å². The number of hydrogen-bond acceptors (Lipinski definition) is 12. The van der Waals surface area contributed by atoms with Gasteiger partial charge in [0.2, 0.25) is 0 Å². The number of fused-ring (bicyclic) bond motifs is 4. The van der Waals surface area contributed by atoms with Crippen molar-refractivity contribution < 1.29 is 121 Å². The molecule has 748 valence electrons. The molecule has 4 unspecified atom stereocenters. The number of nitrogens with zero attached hydrogens (tertiary/aromatic N) is 4. The Balaban J connectivity index is 0.000000819. The van der Waals surface area contributed by atoms with Gasteiger partial charge < -0.3 is 60.8 Å². The van der Waals surface area contributed by atoms with Crippen LogP contribution >= 0.6 is 0 Å². The van der Waals surface area contributed by atoms with E-state index in [1.54, 1.807) is 27.7 Å². The number of hydrogen-bond donors (Lipinski definition) is 8. The zero-order chi connectivity index (χ0) is 101. The minimum Gasteiger partial charge on any atom is -0.513 e. The fourth-order valence-corrected chi connectivity index (χ4v) is 15.6. The molecule has 0 aliphatic carbocycles. The van der Waals surface area contributed by atoms with Gasteiger partial charge >= 0.3 is 0 Å². The van der Waals surface area contributed by atoms with E-state index in [-0.39, 0.29) is 147 Å². The molecule has 16 heteroatoms. The number of aliphatic hydroxyl groups is 8. The molecule has 0 amide bonds. The number of pyridine rings is 4. The van der Waals surface area contributed by atoms with E-state index in [0.717, 1.165) is 67.3 Å². The third-order valence-corrected chi connectivity index (χ3v) is 21.8. The van der Waals surface area contributed by atoms with Crippen LogP contribution in [0, 0.1) is 79.7 Å². The van der Waals surface area contributed by atoms with Crippen LogP contribution < -0.4 is 0 Å². The molecule has 0 fully saturated rings. The third kappa shape index (κ3) is 39.2. The number of aliphatic hydroxyl groups excluding tert-OH is 8. The molecule has 0 aliphatic rings. The Morgan fingerprint density at radius 3 is 0.647 bits per heavy atom. The molecule has 8 aromatic carbocycles. The molecule has 4 heterocycles. The first-order valence-corrected chi connectivity index (χ1v) is 46.4. The second kappa shape index (κ2) is 52.5. The van der Waals surface area contributed by atoms with E-state index in [1.807, 2.05) is 12.4 Å². The van der Waals surface area contributed by atoms with E-state index in [4.69, 9.17) is 60.8 Å². The summed E-state index contributed by atoms with van der Waals surface area (Å²) in [5.41, 5.74) is 29.5. The second-order valence-corrected chi connectivity index (χ2v) is 44.3. The maximum absolute atomic E-state index is 8.49. The first kappa shape index (κ1) is 126. The molecule has 0 saturated heterocycles. The molecular weight excluding hydrogens is 2390 g/mol. The van der Waals surface area contributed by atoms with Gasteiger partial charge in [0.1, 0.15) is 0 Å². The van der Waals surface area contributed by atoms with Crippen molar-refractivity contribution in [1.29, 1.82) is 0 Å². The summed E-state index contributed by atoms with van der Waals surface area (Å²) in [6.07, 6.45) is 11.3. The number of allylic oxidation sites excluding steroid dienone is 4. The summed E-state index contributed by atoms with van der Waals surface area (Å²) >= 11 is 0. The molecule has 0 aliphatic heterocycles. The van der Waals surface area contributed by atoms with Crippen molar-refractivity contribution in [1.82, 2.24) is 19.9 Å². The maximum atomic E-state index is 8.49. The SMILES string of the molecule is CC(O)=CC(C)O.CC(O)=CC(C)O.CC(O)=CC(C)O.CC(O)=CC(C)O.Cc1[c-]c(-c2ncc(C(C)(C)C)c3cc(C(C)(C)C)ccc23)cc(C)c1.Cc1[c-]c(-c2ncc(C(C)(C)C)c3cc(C(C)(C)C)ccc23)cc(C)c1.Cc1[c-]c(-c2nccc3c(C(C)(C)C)cc(C(C)(C)C)cc23)cc(C)c1.Cc1[c-]c(-c2nccc3c(C(C)(C)C)cc(C(C)(C)C)cc23)cc(C)c1.[Ir].[Ir].[Ir].[Ir]. The molecule has 4 aromatic heterocycles. The Labute approximate surface area is 873 Å². The van der Waals surface area contributed by atoms with Crippen LogP contribution in [0.1, 0.15) is 311 Å². The minimum atomic E-state index is -0.537. The number of aryl methyl sites for hydroxylation is 8. The molecule has 0 spiro atoms. The normalized spacial score (nSPS) is 13.1. The van der Waals surface area contributed by atoms with Crippen molar-refractivity contribution in [3.8, 4) is 45.0 Å². The summed E-state index contributed by atoms with van der Waals surface area (Å²) in [5.74, 6) is 0.648. The third-order valence-electron chi connectivity index (χ3n) is 21.8. The number of benzene rings is 8. The quantitative estimate of drug-likeness (QED) is 0.0527. The Hall–Kier alpha value is -8.00. The average Bonchev–Trinajstić information content (AvgIpc) is 0.773. The number of aromatic nitrogens is 4. The van der Waals surface area contributed by atoms with Crippen LogP contribution in [0.2, 0.25) is 0 Å². The molecule has 4 atom stereocenters. The van der Waals surface area contributed by atoms with Crippen molar-refractivity contribution in [3.05, 3.63) is 307 Å². The van der Waals surface area contributed by atoms with Gasteiger partial charge in [-0.2, -0.15) is 0 Å². The molecule has 12 nitrogen and oxygen atoms in total. The predicted octanol–water partition coefficient (Wildman–Crippen LogP) is 31.0. The van der Waals surface area contributed by atoms with E-state index in [0.29, 0.717) is 0 Å². The van der Waals surface area contributed by atoms with Crippen LogP contribution in [0.5, 0.6) is 0 Å². The Morgan fingerprint density at radius 1 is 0.250 bits per heavy atom. The summed E-state index contributed by atoms with van der Waals surface area (Å²) in [4.78, 5) is 19.3. The Morgan fingerprint density at radius 2 is 0.463 bits per heavy atom. The van der Waals surface area contributed by atoms with Gasteiger partial charge in [-0.3, -0.25) is 0 Å². The Bertz CT molecular complexity index is 5560. The van der Waals surface area contributed by atoms with E-state index >= 15 is 0 Å². The largest absolute Gasteiger partial charge is 0.513 e. The smallest absolute Gasteiger partial charge is 0.0877 e. The van der Waals surface area contributed by atoms with Crippen LogP contribution in [0.25, 0.3) is 88.1 Å². The van der Waals surface area contributed by atoms with Crippen LogP contribution in [-0.4, -0.2) is 85.2 Å². The summed E-state index contributed by atoms with van der Waals surface area (Å²) in [6.45, 7) is 83.9. The fraction of sp³-hybridized carbons (Fsp3) is 0.433. The van der Waals surface area contributed by atoms with Crippen LogP contribution in [0.3, 0.4) is 0 Å². The second-order valence-electron chi connectivity index (χ2n) is 44.3. The first-order valence-electron chi connectivity index (χ1n) is 46.4. The van der Waals surface area contributed by atoms with Gasteiger partial charge in [0, 0.05) is 105 Å². The standard InChI is InChI=1S/4C25H30N.4C5H10O2.4Ir/c2*1-16-11-17(2)13-18(12-16)23-21-14-19(24(3,4)5)15-22(25(6,7)8)20(21)9-10-26-23;2*1-16-11-17(2)13-18(12-16)23-20-10-9-19(24(3,4)5)14-21(20)22(15-26-23)25(6,7)8;4*1-4(6)3-5(2)7;;;;/h4*9-12,14-15H,1-8H3;4*3-4,6-7H,1-2H3;;;;/q4*-1;;;;;;;;. The Kier molecular flexibility index (Phi) is 48.6. The van der Waals surface area contributed by atoms with Gasteiger partial charge in [-0.05, 0) is 246 Å². The molecule has 0 bridgehead atoms. The van der Waals surface area contributed by atoms with Crippen LogP contribution in [0.4, 0.5) is 0 Å². The molecule has 0 saturated carbocycles. The van der Waals surface area contributed by atoms with Crippen molar-refractivity contribution >= 4 is 43.1 Å². The minimum absolute atomic E-state index is 0. The molecule has 136 heavy (non-hydrogen) atoms. The predicted molar refractivity (Wildman–Crippen MR) is 564 cm³/mol. The van der Waals surface area contributed by atoms with Gasteiger partial charge in [0.05, 0.1) is 47.5 Å². The van der Waals surface area contributed by atoms with E-state index < -0.39 is 24.4 Å². The van der Waals surface area contributed by atoms with Crippen LogP contribution in [0.15, 0.2) is 193 Å². The summed E-state index contributed by atoms with van der Waals surface area (Å²) < 4.78 is 0. The summed E-state index contributed by atoms with van der Waals surface area (Å²) in [6, 6.07) is 58.9. The van der Waals surface area contributed by atoms with E-state index in [2.05, 4.69) is 380 Å². The first-order chi connectivity index (χ1) is 60.4. The van der Waals surface area contributed by atoms with Crippen molar-refractivity contribution in [2.45, 2.75) is 345 Å². The summed E-state index contributed by atoms with van der Waals surface area (Å²) in [7, 11) is 0. The molecular formula is C120H160Ir4N4O8-4. The van der Waals surface area contributed by atoms with E-state index in [9.17, 15) is 0 Å². The summed E-state index contributed by atoms with van der Waals surface area (Å²) in [5, 5.41) is 77.7. The number of rotatable bonds is 8. The molecule has 12 rings (SSSR count).